The van der Waals surface area contributed by atoms with Crippen LogP contribution < -0.4 is 4.90 Å². The first-order valence-corrected chi connectivity index (χ1v) is 10.8. The average Bonchev–Trinajstić information content (AvgIpc) is 3.34. The van der Waals surface area contributed by atoms with Gasteiger partial charge in [0.2, 0.25) is 0 Å². The average molecular weight is 438 g/mol. The van der Waals surface area contributed by atoms with Crippen LogP contribution in [0.15, 0.2) is 30.3 Å². The number of anilines is 1. The van der Waals surface area contributed by atoms with E-state index in [4.69, 9.17) is 0 Å². The molecule has 0 bridgehead atoms. The fourth-order valence-corrected chi connectivity index (χ4v) is 4.93. The summed E-state index contributed by atoms with van der Waals surface area (Å²) in [6.07, 6.45) is 1.87. The highest BCUT2D eigenvalue weighted by atomic mass is 19.2. The number of benzene rings is 2. The van der Waals surface area contributed by atoms with Gasteiger partial charge in [0, 0.05) is 32.1 Å². The summed E-state index contributed by atoms with van der Waals surface area (Å²) >= 11 is 0. The van der Waals surface area contributed by atoms with Gasteiger partial charge in [-0.1, -0.05) is 19.1 Å². The number of rotatable bonds is 6. The number of halogens is 2. The summed E-state index contributed by atoms with van der Waals surface area (Å²) < 4.78 is 32.9. The molecule has 1 unspecified atom stereocenters. The summed E-state index contributed by atoms with van der Waals surface area (Å²) in [4.78, 5) is 18.1. The van der Waals surface area contributed by atoms with Crippen LogP contribution in [0.4, 0.5) is 14.5 Å². The number of fused-ring (bicyclic) bond motifs is 1. The second-order valence-electron chi connectivity index (χ2n) is 8.27. The van der Waals surface area contributed by atoms with E-state index in [1.165, 1.54) is 6.07 Å². The van der Waals surface area contributed by atoms with Crippen LogP contribution in [0.1, 0.15) is 36.2 Å². The fourth-order valence-electron chi connectivity index (χ4n) is 4.93. The zero-order valence-electron chi connectivity index (χ0n) is 18.0. The number of aromatic nitrogens is 3. The van der Waals surface area contributed by atoms with Crippen molar-refractivity contribution in [1.82, 2.24) is 14.1 Å². The Balaban J connectivity index is 1.78. The molecular formula is C24H24F2N4O2. The molecule has 8 heteroatoms. The number of hydrogen-bond donors (Lipinski definition) is 1. The number of aliphatic hydroxyl groups excluding tert-OH is 1. The minimum atomic E-state index is -1.16. The van der Waals surface area contributed by atoms with Crippen molar-refractivity contribution >= 4 is 33.9 Å². The lowest BCUT2D eigenvalue weighted by atomic mass is 10.1. The largest absolute Gasteiger partial charge is 0.396 e. The predicted octanol–water partition coefficient (Wildman–Crippen LogP) is 4.44. The van der Waals surface area contributed by atoms with Crippen molar-refractivity contribution in [2.24, 2.45) is 7.05 Å². The molecule has 0 spiro atoms. The van der Waals surface area contributed by atoms with Gasteiger partial charge in [-0.25, -0.2) is 13.8 Å². The predicted molar refractivity (Wildman–Crippen MR) is 120 cm³/mol. The molecule has 1 N–H and O–H groups in total. The maximum absolute atomic E-state index is 14.8. The number of aliphatic hydroxyl groups is 1. The standard InChI is InChI=1S/C24H24F2N4O2/c1-3-16-12-29(8-5-9-31)18-7-4-6-14-11-19(30(16)22(14)18)24-27-17-10-15(13-32)20(25)21(26)23(17)28(24)2/h4,6-7,10-11,13,16,31H,3,5,8-9,12H2,1-2H3. The summed E-state index contributed by atoms with van der Waals surface area (Å²) in [7, 11) is 1.66. The van der Waals surface area contributed by atoms with Crippen LogP contribution in [0.25, 0.3) is 33.5 Å². The van der Waals surface area contributed by atoms with Crippen molar-refractivity contribution in [2.75, 3.05) is 24.6 Å². The molecular weight excluding hydrogens is 414 g/mol. The van der Waals surface area contributed by atoms with Crippen LogP contribution in [-0.4, -0.2) is 45.2 Å². The van der Waals surface area contributed by atoms with E-state index < -0.39 is 11.6 Å². The lowest BCUT2D eigenvalue weighted by Crippen LogP contribution is -2.36. The van der Waals surface area contributed by atoms with Crippen LogP contribution in [0.5, 0.6) is 0 Å². The molecule has 32 heavy (non-hydrogen) atoms. The minimum Gasteiger partial charge on any atom is -0.396 e. The molecule has 1 atom stereocenters. The monoisotopic (exact) mass is 438 g/mol. The van der Waals surface area contributed by atoms with Crippen molar-refractivity contribution in [3.05, 3.63) is 47.5 Å². The van der Waals surface area contributed by atoms with Crippen LogP contribution >= 0.6 is 0 Å². The number of carbonyl (C=O) groups is 1. The Labute approximate surface area is 183 Å². The van der Waals surface area contributed by atoms with Crippen LogP contribution in [0.3, 0.4) is 0 Å². The number of hydrogen-bond acceptors (Lipinski definition) is 4. The van der Waals surface area contributed by atoms with E-state index in [9.17, 15) is 18.7 Å². The molecule has 0 saturated heterocycles. The van der Waals surface area contributed by atoms with Gasteiger partial charge in [-0.3, -0.25) is 4.79 Å². The zero-order chi connectivity index (χ0) is 22.6. The molecule has 4 aromatic rings. The molecule has 1 aliphatic rings. The SMILES string of the molecule is CCC1CN(CCCO)c2cccc3cc(-c4nc5cc(C=O)c(F)c(F)c5n4C)n1c23. The summed E-state index contributed by atoms with van der Waals surface area (Å²) in [6, 6.07) is 9.60. The smallest absolute Gasteiger partial charge is 0.185 e. The number of nitrogens with zero attached hydrogens (tertiary/aromatic N) is 4. The molecule has 3 heterocycles. The first kappa shape index (κ1) is 20.6. The zero-order valence-corrected chi connectivity index (χ0v) is 18.0. The van der Waals surface area contributed by atoms with Crippen molar-refractivity contribution < 1.29 is 18.7 Å². The van der Waals surface area contributed by atoms with E-state index in [1.54, 1.807) is 11.6 Å². The second kappa shape index (κ2) is 7.70. The van der Waals surface area contributed by atoms with E-state index in [2.05, 4.69) is 27.4 Å². The van der Waals surface area contributed by atoms with Gasteiger partial charge in [-0.2, -0.15) is 0 Å². The summed E-state index contributed by atoms with van der Waals surface area (Å²) in [5, 5.41) is 10.4. The van der Waals surface area contributed by atoms with Gasteiger partial charge in [0.05, 0.1) is 34.0 Å². The van der Waals surface area contributed by atoms with E-state index in [-0.39, 0.29) is 29.2 Å². The highest BCUT2D eigenvalue weighted by Gasteiger charge is 2.30. The minimum absolute atomic E-state index is 0.0369. The van der Waals surface area contributed by atoms with Gasteiger partial charge < -0.3 is 19.1 Å². The second-order valence-corrected chi connectivity index (χ2v) is 8.27. The molecule has 2 aromatic heterocycles. The van der Waals surface area contributed by atoms with Gasteiger partial charge in [-0.15, -0.1) is 0 Å². The lowest BCUT2D eigenvalue weighted by molar-refractivity contribution is 0.111. The Morgan fingerprint density at radius 1 is 1.22 bits per heavy atom. The van der Waals surface area contributed by atoms with Gasteiger partial charge in [0.1, 0.15) is 5.52 Å². The molecule has 0 saturated carbocycles. The quantitative estimate of drug-likeness (QED) is 0.452. The first-order chi connectivity index (χ1) is 15.5. The van der Waals surface area contributed by atoms with Crippen molar-refractivity contribution in [3.63, 3.8) is 0 Å². The molecule has 5 rings (SSSR count). The van der Waals surface area contributed by atoms with E-state index >= 15 is 0 Å². The van der Waals surface area contributed by atoms with Gasteiger partial charge >= 0.3 is 0 Å². The summed E-state index contributed by atoms with van der Waals surface area (Å²) in [5.74, 6) is -1.70. The maximum atomic E-state index is 14.8. The Hall–Kier alpha value is -3.26. The third-order valence-electron chi connectivity index (χ3n) is 6.46. The van der Waals surface area contributed by atoms with Crippen molar-refractivity contribution in [2.45, 2.75) is 25.8 Å². The van der Waals surface area contributed by atoms with Gasteiger partial charge in [0.25, 0.3) is 0 Å². The Bertz CT molecular complexity index is 1360. The molecule has 0 aliphatic carbocycles. The molecule has 1 aliphatic heterocycles. The molecule has 6 nitrogen and oxygen atoms in total. The first-order valence-electron chi connectivity index (χ1n) is 10.8. The van der Waals surface area contributed by atoms with Crippen molar-refractivity contribution in [1.29, 1.82) is 0 Å². The normalized spacial score (nSPS) is 15.8. The number of aldehydes is 1. The lowest BCUT2D eigenvalue weighted by Gasteiger charge is -2.36. The molecule has 0 radical (unpaired) electrons. The number of para-hydroxylation sites is 1. The molecule has 0 amide bonds. The van der Waals surface area contributed by atoms with Crippen molar-refractivity contribution in [3.8, 4) is 11.5 Å². The number of imidazole rings is 1. The molecule has 166 valence electrons. The van der Waals surface area contributed by atoms with E-state index in [0.29, 0.717) is 18.5 Å². The maximum Gasteiger partial charge on any atom is 0.185 e. The highest BCUT2D eigenvalue weighted by molar-refractivity contribution is 5.97. The van der Waals surface area contributed by atoms with Crippen LogP contribution in [0, 0.1) is 11.6 Å². The van der Waals surface area contributed by atoms with Gasteiger partial charge in [0.15, 0.2) is 23.7 Å². The Morgan fingerprint density at radius 3 is 2.75 bits per heavy atom. The Morgan fingerprint density at radius 2 is 2.03 bits per heavy atom. The Kier molecular flexibility index (Phi) is 4.97. The fraction of sp³-hybridized carbons (Fsp3) is 0.333. The van der Waals surface area contributed by atoms with E-state index in [1.807, 2.05) is 18.2 Å². The molecule has 0 fully saturated rings. The third kappa shape index (κ3) is 2.86. The summed E-state index contributed by atoms with van der Waals surface area (Å²) in [6.45, 7) is 3.81. The number of aryl methyl sites for hydroxylation is 1. The highest BCUT2D eigenvalue weighted by Crippen LogP contribution is 2.42. The van der Waals surface area contributed by atoms with Crippen LogP contribution in [-0.2, 0) is 7.05 Å². The molecule has 2 aromatic carbocycles. The van der Waals surface area contributed by atoms with Gasteiger partial charge in [-0.05, 0) is 31.0 Å². The topological polar surface area (TPSA) is 63.3 Å². The summed E-state index contributed by atoms with van der Waals surface area (Å²) in [5.41, 5.74) is 2.93. The number of carbonyl (C=O) groups excluding carboxylic acids is 1. The van der Waals surface area contributed by atoms with E-state index in [0.717, 1.165) is 41.8 Å². The van der Waals surface area contributed by atoms with Crippen LogP contribution in [0.2, 0.25) is 0 Å². The third-order valence-corrected chi connectivity index (χ3v) is 6.46.